The summed E-state index contributed by atoms with van der Waals surface area (Å²) in [5.74, 6) is 0. The number of methoxy groups -OCH3 is 1. The van der Waals surface area contributed by atoms with Gasteiger partial charge in [-0.05, 0) is 45.5 Å². The quantitative estimate of drug-likeness (QED) is 0.512. The average molecular weight is 358 g/mol. The molecule has 1 heterocycles. The van der Waals surface area contributed by atoms with Gasteiger partial charge in [0.1, 0.15) is 0 Å². The Balaban J connectivity index is 0. The lowest BCUT2D eigenvalue weighted by molar-refractivity contribution is 0.112. The fourth-order valence-corrected chi connectivity index (χ4v) is 2.97. The Bertz CT molecular complexity index is 478. The molecule has 23 heavy (non-hydrogen) atoms. The van der Waals surface area contributed by atoms with Crippen LogP contribution in [-0.4, -0.2) is 45.5 Å². The Hall–Kier alpha value is -0.880. The van der Waals surface area contributed by atoms with Crippen LogP contribution in [0.1, 0.15) is 39.0 Å². The van der Waals surface area contributed by atoms with Crippen molar-refractivity contribution in [3.05, 3.63) is 39.6 Å². The molecule has 132 valence electrons. The first-order valence-corrected chi connectivity index (χ1v) is 8.33. The first-order chi connectivity index (χ1) is 10.5. The second kappa shape index (κ2) is 14.7. The van der Waals surface area contributed by atoms with Crippen molar-refractivity contribution in [2.45, 2.75) is 26.7 Å². The van der Waals surface area contributed by atoms with E-state index in [0.717, 1.165) is 48.3 Å². The summed E-state index contributed by atoms with van der Waals surface area (Å²) >= 11 is 1.70. The molecule has 0 spiro atoms. The van der Waals surface area contributed by atoms with Crippen molar-refractivity contribution in [2.75, 3.05) is 34.4 Å². The second-order valence-electron chi connectivity index (χ2n) is 5.19. The number of carbonyl (C=O) groups is 1. The van der Waals surface area contributed by atoms with Gasteiger partial charge in [0.25, 0.3) is 0 Å². The number of allylic oxidation sites excluding steroid dienone is 2. The van der Waals surface area contributed by atoms with Gasteiger partial charge in [-0.1, -0.05) is 25.7 Å². The van der Waals surface area contributed by atoms with Crippen molar-refractivity contribution in [1.29, 1.82) is 0 Å². The molecule has 0 unspecified atom stereocenters. The van der Waals surface area contributed by atoms with Gasteiger partial charge in [-0.3, -0.25) is 4.79 Å². The molecule has 1 rings (SSSR count). The number of hydrogen-bond acceptors (Lipinski definition) is 4. The van der Waals surface area contributed by atoms with Gasteiger partial charge in [-0.15, -0.1) is 11.3 Å². The summed E-state index contributed by atoms with van der Waals surface area (Å²) in [5, 5.41) is 0. The van der Waals surface area contributed by atoms with E-state index < -0.39 is 0 Å². The van der Waals surface area contributed by atoms with Crippen LogP contribution in [-0.2, 0) is 11.2 Å². The molecule has 1 aromatic rings. The van der Waals surface area contributed by atoms with Crippen molar-refractivity contribution in [2.24, 2.45) is 0 Å². The fourth-order valence-electron chi connectivity index (χ4n) is 1.79. The number of ether oxygens (including phenoxy) is 1. The number of rotatable bonds is 8. The maximum absolute atomic E-state index is 11.1. The molecule has 0 aliphatic heterocycles. The number of hydrogen-bond donors (Lipinski definition) is 0. The van der Waals surface area contributed by atoms with E-state index in [2.05, 4.69) is 18.4 Å². The van der Waals surface area contributed by atoms with E-state index in [1.54, 1.807) is 24.5 Å². The van der Waals surface area contributed by atoms with Gasteiger partial charge in [0.15, 0.2) is 6.29 Å². The van der Waals surface area contributed by atoms with Gasteiger partial charge in [0.2, 0.25) is 0 Å². The van der Waals surface area contributed by atoms with Crippen LogP contribution in [0.25, 0.3) is 6.08 Å². The minimum atomic E-state index is 0. The van der Waals surface area contributed by atoms with Crippen molar-refractivity contribution < 1.29 is 9.53 Å². The van der Waals surface area contributed by atoms with E-state index in [1.807, 2.05) is 33.2 Å². The second-order valence-corrected chi connectivity index (χ2v) is 6.32. The van der Waals surface area contributed by atoms with Crippen LogP contribution in [0.3, 0.4) is 0 Å². The smallest absolute Gasteiger partial charge is 0.151 e. The third-order valence-electron chi connectivity index (χ3n) is 3.00. The molecular weight excluding hydrogens is 326 g/mol. The summed E-state index contributed by atoms with van der Waals surface area (Å²) in [4.78, 5) is 15.6. The highest BCUT2D eigenvalue weighted by Crippen LogP contribution is 2.28. The Morgan fingerprint density at radius 1 is 1.35 bits per heavy atom. The van der Waals surface area contributed by atoms with Crippen LogP contribution >= 0.6 is 24.8 Å². The van der Waals surface area contributed by atoms with Gasteiger partial charge in [0.05, 0.1) is 0 Å². The van der Waals surface area contributed by atoms with E-state index in [-0.39, 0.29) is 13.5 Å². The monoisotopic (exact) mass is 357 g/mol. The summed E-state index contributed by atoms with van der Waals surface area (Å²) in [5.41, 5.74) is 1.94. The topological polar surface area (TPSA) is 29.5 Å². The van der Waals surface area contributed by atoms with Gasteiger partial charge in [-0.25, -0.2) is 0 Å². The van der Waals surface area contributed by atoms with E-state index in [0.29, 0.717) is 0 Å². The molecule has 0 aromatic carbocycles. The fraction of sp³-hybridized carbons (Fsp3) is 0.500. The molecule has 0 fully saturated rings. The molecule has 0 saturated carbocycles. The van der Waals surface area contributed by atoms with Crippen LogP contribution in [0, 0.1) is 6.92 Å². The number of carbonyl (C=O) groups excluding carboxylic acids is 1. The van der Waals surface area contributed by atoms with Crippen LogP contribution in [0.15, 0.2) is 18.7 Å². The molecule has 0 atom stereocenters. The summed E-state index contributed by atoms with van der Waals surface area (Å²) in [6, 6.07) is 0. The van der Waals surface area contributed by atoms with Crippen LogP contribution in [0.4, 0.5) is 0 Å². The molecule has 0 N–H and O–H groups in total. The van der Waals surface area contributed by atoms with Crippen molar-refractivity contribution in [3.8, 4) is 0 Å². The molecule has 0 aliphatic carbocycles. The lowest BCUT2D eigenvalue weighted by Gasteiger charge is -2.07. The number of nitrogens with zero attached hydrogens (tertiary/aromatic N) is 1. The number of thiophene rings is 1. The molecule has 0 radical (unpaired) electrons. The Morgan fingerprint density at radius 2 is 2.00 bits per heavy atom. The Morgan fingerprint density at radius 3 is 2.39 bits per heavy atom. The van der Waals surface area contributed by atoms with Crippen LogP contribution in [0.5, 0.6) is 0 Å². The molecule has 0 aliphatic rings. The maximum Gasteiger partial charge on any atom is 0.151 e. The van der Waals surface area contributed by atoms with Gasteiger partial charge in [-0.2, -0.15) is 13.5 Å². The van der Waals surface area contributed by atoms with Crippen LogP contribution in [0.2, 0.25) is 0 Å². The van der Waals surface area contributed by atoms with Crippen molar-refractivity contribution in [1.82, 2.24) is 4.90 Å². The van der Waals surface area contributed by atoms with Crippen molar-refractivity contribution >= 4 is 37.2 Å². The SMILES string of the molecule is C=C/C=C\c1sc(CCN(C)C)c(C=O)c1C.CCCOC.S. The van der Waals surface area contributed by atoms with Gasteiger partial charge in [0, 0.05) is 35.6 Å². The standard InChI is InChI=1S/C14H19NOS.C4H10O.H2S/c1-5-6-7-13-11(2)12(10-16)14(17-13)8-9-15(3)4;1-3-4-5-2;/h5-7,10H,1,8-9H2,2-4H3;3-4H2,1-2H3;1H2/b7-6-;;. The third-order valence-corrected chi connectivity index (χ3v) is 4.34. The zero-order chi connectivity index (χ0) is 17.0. The summed E-state index contributed by atoms with van der Waals surface area (Å²) < 4.78 is 4.69. The van der Waals surface area contributed by atoms with E-state index >= 15 is 0 Å². The zero-order valence-corrected chi connectivity index (χ0v) is 16.8. The van der Waals surface area contributed by atoms with E-state index in [4.69, 9.17) is 4.74 Å². The predicted molar refractivity (Wildman–Crippen MR) is 108 cm³/mol. The highest BCUT2D eigenvalue weighted by atomic mass is 32.1. The molecule has 0 saturated heterocycles. The highest BCUT2D eigenvalue weighted by molar-refractivity contribution is 7.59. The van der Waals surface area contributed by atoms with Gasteiger partial charge >= 0.3 is 0 Å². The predicted octanol–water partition coefficient (Wildman–Crippen LogP) is 4.33. The largest absolute Gasteiger partial charge is 0.385 e. The molecular formula is C18H31NO2S2. The molecule has 3 nitrogen and oxygen atoms in total. The van der Waals surface area contributed by atoms with Crippen molar-refractivity contribution in [3.63, 3.8) is 0 Å². The first kappa shape index (κ1) is 24.4. The van der Waals surface area contributed by atoms with E-state index in [9.17, 15) is 4.79 Å². The number of likely N-dealkylation sites (N-methyl/N-ethyl adjacent to an activating group) is 1. The minimum absolute atomic E-state index is 0. The molecule has 0 bridgehead atoms. The molecule has 5 heteroatoms. The lowest BCUT2D eigenvalue weighted by atomic mass is 10.1. The average Bonchev–Trinajstić information content (AvgIpc) is 2.80. The minimum Gasteiger partial charge on any atom is -0.385 e. The van der Waals surface area contributed by atoms with Gasteiger partial charge < -0.3 is 9.64 Å². The summed E-state index contributed by atoms with van der Waals surface area (Å²) in [7, 11) is 5.79. The van der Waals surface area contributed by atoms with Crippen LogP contribution < -0.4 is 0 Å². The molecule has 0 amide bonds. The lowest BCUT2D eigenvalue weighted by Crippen LogP contribution is -2.15. The number of aldehydes is 1. The third kappa shape index (κ3) is 9.76. The Kier molecular flexibility index (Phi) is 15.6. The Labute approximate surface area is 152 Å². The molecule has 1 aromatic heterocycles. The first-order valence-electron chi connectivity index (χ1n) is 7.51. The highest BCUT2D eigenvalue weighted by Gasteiger charge is 2.12. The normalized spacial score (nSPS) is 10.2. The summed E-state index contributed by atoms with van der Waals surface area (Å²) in [6.45, 7) is 9.60. The summed E-state index contributed by atoms with van der Waals surface area (Å²) in [6.07, 6.45) is 8.69. The maximum atomic E-state index is 11.1. The van der Waals surface area contributed by atoms with E-state index in [1.165, 1.54) is 4.88 Å². The zero-order valence-electron chi connectivity index (χ0n) is 15.0.